The monoisotopic (exact) mass is 256 g/mol. The van der Waals surface area contributed by atoms with Crippen molar-refractivity contribution in [2.24, 2.45) is 5.41 Å². The van der Waals surface area contributed by atoms with Gasteiger partial charge in [0.05, 0.1) is 0 Å². The summed E-state index contributed by atoms with van der Waals surface area (Å²) >= 11 is 0. The topological polar surface area (TPSA) is 52.6 Å². The minimum absolute atomic E-state index is 0.173. The lowest BCUT2D eigenvalue weighted by Crippen LogP contribution is -2.59. The molecule has 0 radical (unpaired) electrons. The molecule has 1 atom stereocenters. The van der Waals surface area contributed by atoms with Crippen molar-refractivity contribution in [2.75, 3.05) is 19.6 Å². The Bertz CT molecular complexity index is 292. The lowest BCUT2D eigenvalue weighted by atomic mass is 9.82. The molecular weight excluding hydrogens is 228 g/mol. The Morgan fingerprint density at radius 1 is 1.39 bits per heavy atom. The first-order chi connectivity index (χ1) is 8.15. The molecule has 1 aliphatic rings. The largest absolute Gasteiger partial charge is 0.480 e. The van der Waals surface area contributed by atoms with Gasteiger partial charge >= 0.3 is 5.97 Å². The summed E-state index contributed by atoms with van der Waals surface area (Å²) in [7, 11) is 0. The molecule has 1 aliphatic heterocycles. The van der Waals surface area contributed by atoms with E-state index < -0.39 is 11.5 Å². The van der Waals surface area contributed by atoms with Crippen molar-refractivity contribution in [3.63, 3.8) is 0 Å². The summed E-state index contributed by atoms with van der Waals surface area (Å²) in [5.41, 5.74) is -0.447. The molecule has 4 heteroatoms. The Balaban J connectivity index is 2.60. The molecule has 1 saturated heterocycles. The molecule has 1 fully saturated rings. The number of carbonyl (C=O) groups is 1. The summed E-state index contributed by atoms with van der Waals surface area (Å²) in [6, 6.07) is 0.173. The molecule has 18 heavy (non-hydrogen) atoms. The van der Waals surface area contributed by atoms with Crippen molar-refractivity contribution in [3.05, 3.63) is 0 Å². The Labute approximate surface area is 111 Å². The van der Waals surface area contributed by atoms with Crippen LogP contribution in [0.1, 0.15) is 47.5 Å². The molecule has 0 saturated carbocycles. The van der Waals surface area contributed by atoms with E-state index in [4.69, 9.17) is 0 Å². The minimum Gasteiger partial charge on any atom is -0.480 e. The fourth-order valence-corrected chi connectivity index (χ4v) is 2.58. The predicted molar refractivity (Wildman–Crippen MR) is 73.8 cm³/mol. The highest BCUT2D eigenvalue weighted by Gasteiger charge is 2.37. The summed E-state index contributed by atoms with van der Waals surface area (Å²) in [5.74, 6) is -0.763. The smallest absolute Gasteiger partial charge is 0.324 e. The van der Waals surface area contributed by atoms with E-state index in [1.165, 1.54) is 0 Å². The maximum absolute atomic E-state index is 11.5. The normalized spacial score (nSPS) is 23.9. The maximum atomic E-state index is 11.5. The molecule has 0 aliphatic carbocycles. The minimum atomic E-state index is -0.852. The zero-order chi connectivity index (χ0) is 14.0. The van der Waals surface area contributed by atoms with Crippen LogP contribution in [0.5, 0.6) is 0 Å². The molecule has 0 aromatic heterocycles. The quantitative estimate of drug-likeness (QED) is 0.789. The van der Waals surface area contributed by atoms with Crippen LogP contribution in [0, 0.1) is 5.41 Å². The van der Waals surface area contributed by atoms with E-state index in [9.17, 15) is 9.90 Å². The Morgan fingerprint density at radius 2 is 1.89 bits per heavy atom. The van der Waals surface area contributed by atoms with Crippen LogP contribution >= 0.6 is 0 Å². The van der Waals surface area contributed by atoms with E-state index in [0.29, 0.717) is 12.0 Å². The third-order valence-electron chi connectivity index (χ3n) is 3.83. The van der Waals surface area contributed by atoms with Crippen LogP contribution in [-0.2, 0) is 4.79 Å². The second-order valence-electron chi connectivity index (χ2n) is 6.88. The van der Waals surface area contributed by atoms with Gasteiger partial charge in [-0.2, -0.15) is 0 Å². The Hall–Kier alpha value is -0.610. The molecular formula is C14H28N2O2. The molecule has 0 aromatic carbocycles. The van der Waals surface area contributed by atoms with Crippen LogP contribution in [0.3, 0.4) is 0 Å². The van der Waals surface area contributed by atoms with Gasteiger partial charge in [-0.05, 0) is 52.1 Å². The molecule has 4 nitrogen and oxygen atoms in total. The van der Waals surface area contributed by atoms with Gasteiger partial charge in [-0.1, -0.05) is 13.8 Å². The van der Waals surface area contributed by atoms with Crippen LogP contribution in [-0.4, -0.2) is 47.2 Å². The maximum Gasteiger partial charge on any atom is 0.324 e. The number of hydrogen-bond donors (Lipinski definition) is 2. The number of carboxylic acid groups (broad SMARTS) is 1. The molecule has 106 valence electrons. The first kappa shape index (κ1) is 15.4. The molecule has 1 heterocycles. The van der Waals surface area contributed by atoms with Crippen molar-refractivity contribution < 1.29 is 9.90 Å². The van der Waals surface area contributed by atoms with Crippen molar-refractivity contribution in [1.29, 1.82) is 0 Å². The van der Waals surface area contributed by atoms with Crippen molar-refractivity contribution in [1.82, 2.24) is 10.2 Å². The molecule has 0 amide bonds. The summed E-state index contributed by atoms with van der Waals surface area (Å²) in [4.78, 5) is 13.7. The van der Waals surface area contributed by atoms with Crippen LogP contribution in [0.4, 0.5) is 0 Å². The molecule has 1 rings (SSSR count). The summed E-state index contributed by atoms with van der Waals surface area (Å²) in [6.45, 7) is 12.9. The van der Waals surface area contributed by atoms with Crippen LogP contribution < -0.4 is 5.32 Å². The standard InChI is InChI=1S/C14H28N2O2/c1-11(2)15-14(5,12(17)18)10-16-8-6-13(3,4)7-9-16/h11,15H,6-10H2,1-5H3,(H,17,18). The second-order valence-corrected chi connectivity index (χ2v) is 6.88. The lowest BCUT2D eigenvalue weighted by Gasteiger charge is -2.41. The van der Waals surface area contributed by atoms with Gasteiger partial charge in [-0.3, -0.25) is 10.1 Å². The highest BCUT2D eigenvalue weighted by molar-refractivity contribution is 5.78. The van der Waals surface area contributed by atoms with E-state index in [1.807, 2.05) is 13.8 Å². The number of hydrogen-bond acceptors (Lipinski definition) is 3. The highest BCUT2D eigenvalue weighted by Crippen LogP contribution is 2.30. The van der Waals surface area contributed by atoms with Crippen molar-refractivity contribution in [3.8, 4) is 0 Å². The molecule has 1 unspecified atom stereocenters. The SMILES string of the molecule is CC(C)NC(C)(CN1CCC(C)(C)CC1)C(=O)O. The van der Waals surface area contributed by atoms with Crippen molar-refractivity contribution in [2.45, 2.75) is 59.0 Å². The van der Waals surface area contributed by atoms with Crippen molar-refractivity contribution >= 4 is 5.97 Å². The third kappa shape index (κ3) is 4.25. The van der Waals surface area contributed by atoms with Gasteiger partial charge in [0.1, 0.15) is 5.54 Å². The highest BCUT2D eigenvalue weighted by atomic mass is 16.4. The van der Waals surface area contributed by atoms with Gasteiger partial charge in [0.15, 0.2) is 0 Å². The first-order valence-electron chi connectivity index (χ1n) is 6.88. The van der Waals surface area contributed by atoms with Gasteiger partial charge in [-0.15, -0.1) is 0 Å². The lowest BCUT2D eigenvalue weighted by molar-refractivity contribution is -0.145. The fraction of sp³-hybridized carbons (Fsp3) is 0.929. The zero-order valence-corrected chi connectivity index (χ0v) is 12.4. The molecule has 0 bridgehead atoms. The van der Waals surface area contributed by atoms with E-state index in [0.717, 1.165) is 25.9 Å². The average Bonchev–Trinajstić information content (AvgIpc) is 2.20. The number of carboxylic acids is 1. The molecule has 0 aromatic rings. The van der Waals surface area contributed by atoms with Gasteiger partial charge in [0, 0.05) is 12.6 Å². The third-order valence-corrected chi connectivity index (χ3v) is 3.83. The zero-order valence-electron chi connectivity index (χ0n) is 12.4. The van der Waals surface area contributed by atoms with Gasteiger partial charge in [0.25, 0.3) is 0 Å². The van der Waals surface area contributed by atoms with Crippen LogP contribution in [0.2, 0.25) is 0 Å². The fourth-order valence-electron chi connectivity index (χ4n) is 2.58. The van der Waals surface area contributed by atoms with E-state index in [1.54, 1.807) is 6.92 Å². The number of nitrogens with one attached hydrogen (secondary N) is 1. The van der Waals surface area contributed by atoms with Crippen LogP contribution in [0.15, 0.2) is 0 Å². The first-order valence-corrected chi connectivity index (χ1v) is 6.88. The number of nitrogens with zero attached hydrogens (tertiary/aromatic N) is 1. The van der Waals surface area contributed by atoms with E-state index in [-0.39, 0.29) is 6.04 Å². The molecule has 2 N–H and O–H groups in total. The second kappa shape index (κ2) is 5.57. The number of aliphatic carboxylic acids is 1. The summed E-state index contributed by atoms with van der Waals surface area (Å²) < 4.78 is 0. The van der Waals surface area contributed by atoms with E-state index >= 15 is 0 Å². The Kier molecular flexibility index (Phi) is 4.78. The van der Waals surface area contributed by atoms with Gasteiger partial charge in [0.2, 0.25) is 0 Å². The van der Waals surface area contributed by atoms with Gasteiger partial charge < -0.3 is 10.0 Å². The van der Waals surface area contributed by atoms with Gasteiger partial charge in [-0.25, -0.2) is 0 Å². The average molecular weight is 256 g/mol. The molecule has 0 spiro atoms. The summed E-state index contributed by atoms with van der Waals surface area (Å²) in [5, 5.41) is 12.6. The number of rotatable bonds is 5. The number of likely N-dealkylation sites (tertiary alicyclic amines) is 1. The van der Waals surface area contributed by atoms with E-state index in [2.05, 4.69) is 24.1 Å². The summed E-state index contributed by atoms with van der Waals surface area (Å²) in [6.07, 6.45) is 2.29. The predicted octanol–water partition coefficient (Wildman–Crippen LogP) is 1.95. The number of piperidine rings is 1. The van der Waals surface area contributed by atoms with Crippen LogP contribution in [0.25, 0.3) is 0 Å². The Morgan fingerprint density at radius 3 is 2.28 bits per heavy atom.